The molecule has 2 aromatic heterocycles. The molecule has 1 aromatic carbocycles. The van der Waals surface area contributed by atoms with Gasteiger partial charge in [-0.2, -0.15) is 13.2 Å². The van der Waals surface area contributed by atoms with Crippen LogP contribution in [0.25, 0.3) is 11.0 Å². The molecule has 0 aliphatic rings. The van der Waals surface area contributed by atoms with Gasteiger partial charge in [0.2, 0.25) is 0 Å². The SMILES string of the molecule is Cc1c(C(=O)NCCSc2ncc(C(F)(F)F)cc2Cl)oc2ccccc12. The van der Waals surface area contributed by atoms with Crippen LogP contribution in [0.5, 0.6) is 0 Å². The Kier molecular flexibility index (Phi) is 5.67. The van der Waals surface area contributed by atoms with Crippen LogP contribution in [0.2, 0.25) is 5.02 Å². The van der Waals surface area contributed by atoms with Gasteiger partial charge in [-0.25, -0.2) is 4.98 Å². The molecule has 0 radical (unpaired) electrons. The molecule has 0 atom stereocenters. The van der Waals surface area contributed by atoms with E-state index in [0.717, 1.165) is 35.0 Å². The van der Waals surface area contributed by atoms with Crippen molar-refractivity contribution in [3.63, 3.8) is 0 Å². The van der Waals surface area contributed by atoms with Crippen molar-refractivity contribution in [2.75, 3.05) is 12.3 Å². The van der Waals surface area contributed by atoms with Crippen molar-refractivity contribution in [3.8, 4) is 0 Å². The van der Waals surface area contributed by atoms with Gasteiger partial charge in [0.15, 0.2) is 5.76 Å². The first kappa shape index (κ1) is 19.6. The molecule has 0 bridgehead atoms. The highest BCUT2D eigenvalue weighted by atomic mass is 35.5. The number of para-hydroxylation sites is 1. The van der Waals surface area contributed by atoms with E-state index in [-0.39, 0.29) is 28.3 Å². The van der Waals surface area contributed by atoms with E-state index >= 15 is 0 Å². The molecule has 4 nitrogen and oxygen atoms in total. The fourth-order valence-electron chi connectivity index (χ4n) is 2.47. The number of fused-ring (bicyclic) bond motifs is 1. The van der Waals surface area contributed by atoms with Crippen LogP contribution in [0.15, 0.2) is 46.0 Å². The second-order valence-corrected chi connectivity index (χ2v) is 7.16. The minimum Gasteiger partial charge on any atom is -0.451 e. The van der Waals surface area contributed by atoms with E-state index in [0.29, 0.717) is 11.3 Å². The van der Waals surface area contributed by atoms with E-state index in [9.17, 15) is 18.0 Å². The fraction of sp³-hybridized carbons (Fsp3) is 0.222. The predicted octanol–water partition coefficient (Wildman–Crippen LogP) is 5.33. The molecule has 1 N–H and O–H groups in total. The van der Waals surface area contributed by atoms with Crippen molar-refractivity contribution in [2.24, 2.45) is 0 Å². The maximum absolute atomic E-state index is 12.6. The molecule has 2 heterocycles. The van der Waals surface area contributed by atoms with Crippen LogP contribution in [0.4, 0.5) is 13.2 Å². The zero-order valence-corrected chi connectivity index (χ0v) is 15.6. The topological polar surface area (TPSA) is 55.1 Å². The number of furan rings is 1. The first-order valence-corrected chi connectivity index (χ1v) is 9.25. The molecular formula is C18H14ClF3N2O2S. The molecular weight excluding hydrogens is 401 g/mol. The van der Waals surface area contributed by atoms with Gasteiger partial charge in [0.05, 0.1) is 10.6 Å². The monoisotopic (exact) mass is 414 g/mol. The van der Waals surface area contributed by atoms with E-state index in [4.69, 9.17) is 16.0 Å². The Bertz CT molecular complexity index is 988. The Morgan fingerprint density at radius 3 is 2.74 bits per heavy atom. The van der Waals surface area contributed by atoms with Crippen molar-refractivity contribution in [1.29, 1.82) is 0 Å². The average Bonchev–Trinajstić information content (AvgIpc) is 2.96. The number of thioether (sulfide) groups is 1. The lowest BCUT2D eigenvalue weighted by molar-refractivity contribution is -0.137. The number of benzene rings is 1. The van der Waals surface area contributed by atoms with Crippen molar-refractivity contribution in [1.82, 2.24) is 10.3 Å². The van der Waals surface area contributed by atoms with E-state index < -0.39 is 11.7 Å². The number of nitrogens with zero attached hydrogens (tertiary/aromatic N) is 1. The summed E-state index contributed by atoms with van der Waals surface area (Å²) in [6.07, 6.45) is -3.75. The number of pyridine rings is 1. The maximum Gasteiger partial charge on any atom is 0.417 e. The molecule has 9 heteroatoms. The van der Waals surface area contributed by atoms with Crippen LogP contribution in [0.1, 0.15) is 21.7 Å². The van der Waals surface area contributed by atoms with Gasteiger partial charge in [0, 0.05) is 29.4 Å². The summed E-state index contributed by atoms with van der Waals surface area (Å²) in [5.41, 5.74) is 0.490. The molecule has 0 saturated carbocycles. The number of carbonyl (C=O) groups excluding carboxylic acids is 1. The molecule has 0 fully saturated rings. The lowest BCUT2D eigenvalue weighted by Gasteiger charge is -2.09. The summed E-state index contributed by atoms with van der Waals surface area (Å²) in [4.78, 5) is 16.0. The van der Waals surface area contributed by atoms with Gasteiger partial charge in [-0.1, -0.05) is 29.8 Å². The second kappa shape index (κ2) is 7.82. The molecule has 1 amide bonds. The highest BCUT2D eigenvalue weighted by molar-refractivity contribution is 7.99. The van der Waals surface area contributed by atoms with Gasteiger partial charge in [-0.15, -0.1) is 11.8 Å². The minimum atomic E-state index is -4.49. The van der Waals surface area contributed by atoms with E-state index in [1.807, 2.05) is 18.2 Å². The molecule has 0 unspecified atom stereocenters. The van der Waals surface area contributed by atoms with Gasteiger partial charge < -0.3 is 9.73 Å². The van der Waals surface area contributed by atoms with Crippen molar-refractivity contribution < 1.29 is 22.4 Å². The molecule has 0 aliphatic carbocycles. The van der Waals surface area contributed by atoms with Crippen LogP contribution >= 0.6 is 23.4 Å². The highest BCUT2D eigenvalue weighted by Gasteiger charge is 2.31. The number of alkyl halides is 3. The summed E-state index contributed by atoms with van der Waals surface area (Å²) < 4.78 is 43.4. The second-order valence-electron chi connectivity index (χ2n) is 5.67. The number of hydrogen-bond acceptors (Lipinski definition) is 4. The quantitative estimate of drug-likeness (QED) is 0.453. The van der Waals surface area contributed by atoms with Crippen LogP contribution in [0.3, 0.4) is 0 Å². The Morgan fingerprint density at radius 2 is 2.07 bits per heavy atom. The smallest absolute Gasteiger partial charge is 0.417 e. The third-order valence-corrected chi connectivity index (χ3v) is 5.22. The summed E-state index contributed by atoms with van der Waals surface area (Å²) in [6, 6.07) is 8.19. The molecule has 0 spiro atoms. The summed E-state index contributed by atoms with van der Waals surface area (Å²) >= 11 is 7.01. The molecule has 3 aromatic rings. The number of hydrogen-bond donors (Lipinski definition) is 1. The van der Waals surface area contributed by atoms with E-state index in [1.54, 1.807) is 13.0 Å². The number of aryl methyl sites for hydroxylation is 1. The Balaban J connectivity index is 1.57. The Morgan fingerprint density at radius 1 is 1.33 bits per heavy atom. The fourth-order valence-corrected chi connectivity index (χ4v) is 3.52. The van der Waals surface area contributed by atoms with Crippen LogP contribution in [-0.4, -0.2) is 23.2 Å². The molecule has 3 rings (SSSR count). The summed E-state index contributed by atoms with van der Waals surface area (Å²) in [5.74, 6) is 0.283. The van der Waals surface area contributed by atoms with Crippen molar-refractivity contribution >= 4 is 40.2 Å². The van der Waals surface area contributed by atoms with Gasteiger partial charge in [-0.05, 0) is 19.1 Å². The van der Waals surface area contributed by atoms with Crippen molar-refractivity contribution in [3.05, 3.63) is 58.4 Å². The Hall–Kier alpha value is -2.19. The molecule has 0 aliphatic heterocycles. The van der Waals surface area contributed by atoms with Crippen LogP contribution < -0.4 is 5.32 Å². The van der Waals surface area contributed by atoms with Gasteiger partial charge >= 0.3 is 6.18 Å². The highest BCUT2D eigenvalue weighted by Crippen LogP contribution is 2.33. The zero-order chi connectivity index (χ0) is 19.6. The van der Waals surface area contributed by atoms with E-state index in [1.165, 1.54) is 0 Å². The van der Waals surface area contributed by atoms with Crippen LogP contribution in [-0.2, 0) is 6.18 Å². The van der Waals surface area contributed by atoms with Gasteiger partial charge in [0.1, 0.15) is 10.6 Å². The lowest BCUT2D eigenvalue weighted by atomic mass is 10.1. The first-order chi connectivity index (χ1) is 12.8. The summed E-state index contributed by atoms with van der Waals surface area (Å²) in [6.45, 7) is 2.08. The number of nitrogens with one attached hydrogen (secondary N) is 1. The maximum atomic E-state index is 12.6. The number of carbonyl (C=O) groups is 1. The molecule has 0 saturated heterocycles. The Labute approximate surface area is 162 Å². The summed E-state index contributed by atoms with van der Waals surface area (Å²) in [5, 5.41) is 3.80. The van der Waals surface area contributed by atoms with Gasteiger partial charge in [-0.3, -0.25) is 4.79 Å². The number of halogens is 4. The van der Waals surface area contributed by atoms with Crippen LogP contribution in [0, 0.1) is 6.92 Å². The largest absolute Gasteiger partial charge is 0.451 e. The van der Waals surface area contributed by atoms with E-state index in [2.05, 4.69) is 10.3 Å². The third-order valence-electron chi connectivity index (χ3n) is 3.81. The number of aromatic nitrogens is 1. The average molecular weight is 415 g/mol. The molecule has 27 heavy (non-hydrogen) atoms. The third kappa shape index (κ3) is 4.39. The number of amides is 1. The zero-order valence-electron chi connectivity index (χ0n) is 14.1. The van der Waals surface area contributed by atoms with Gasteiger partial charge in [0.25, 0.3) is 5.91 Å². The number of rotatable bonds is 5. The predicted molar refractivity (Wildman–Crippen MR) is 98.3 cm³/mol. The minimum absolute atomic E-state index is 0.0747. The van der Waals surface area contributed by atoms with Crippen molar-refractivity contribution in [2.45, 2.75) is 18.1 Å². The standard InChI is InChI=1S/C18H14ClF3N2O2S/c1-10-12-4-2-3-5-14(12)26-15(10)16(25)23-6-7-27-17-13(19)8-11(9-24-17)18(20,21)22/h2-5,8-9H,6-7H2,1H3,(H,23,25). The molecule has 142 valence electrons. The summed E-state index contributed by atoms with van der Waals surface area (Å²) in [7, 11) is 0. The normalized spacial score (nSPS) is 11.7. The lowest BCUT2D eigenvalue weighted by Crippen LogP contribution is -2.25. The first-order valence-electron chi connectivity index (χ1n) is 7.89.